The standard InChI is InChI=1S/C26H32N2/c1-5-9-17-19-13-14-20-18(10-6-2)22(12-8-4)28-24-16-15-23(25(19)26(20)24)27-21(17)11-7-3/h13-16H,5-12H2,1-4H3. The van der Waals surface area contributed by atoms with Gasteiger partial charge in [0.15, 0.2) is 0 Å². The maximum Gasteiger partial charge on any atom is 0.0719 e. The van der Waals surface area contributed by atoms with Crippen molar-refractivity contribution in [2.75, 3.05) is 0 Å². The molecule has 0 aliphatic rings. The van der Waals surface area contributed by atoms with E-state index in [1.54, 1.807) is 0 Å². The van der Waals surface area contributed by atoms with Gasteiger partial charge in [0, 0.05) is 22.2 Å². The Hall–Kier alpha value is -2.22. The molecule has 0 unspecified atom stereocenters. The van der Waals surface area contributed by atoms with Crippen LogP contribution in [-0.2, 0) is 25.7 Å². The molecule has 0 N–H and O–H groups in total. The van der Waals surface area contributed by atoms with E-state index in [1.165, 1.54) is 44.1 Å². The second-order valence-corrected chi connectivity index (χ2v) is 8.09. The Morgan fingerprint density at radius 3 is 1.29 bits per heavy atom. The highest BCUT2D eigenvalue weighted by molar-refractivity contribution is 6.22. The molecule has 2 heteroatoms. The van der Waals surface area contributed by atoms with Crippen molar-refractivity contribution in [3.8, 4) is 0 Å². The van der Waals surface area contributed by atoms with E-state index in [4.69, 9.17) is 9.97 Å². The quantitative estimate of drug-likeness (QED) is 0.306. The topological polar surface area (TPSA) is 25.8 Å². The molecule has 0 bridgehead atoms. The third-order valence-corrected chi connectivity index (χ3v) is 5.95. The van der Waals surface area contributed by atoms with Crippen molar-refractivity contribution < 1.29 is 0 Å². The first-order valence-corrected chi connectivity index (χ1v) is 11.2. The van der Waals surface area contributed by atoms with Crippen molar-refractivity contribution in [2.24, 2.45) is 0 Å². The first kappa shape index (κ1) is 19.1. The Bertz CT molecular complexity index is 1020. The van der Waals surface area contributed by atoms with Crippen LogP contribution in [0.25, 0.3) is 32.6 Å². The van der Waals surface area contributed by atoms with Gasteiger partial charge in [-0.25, -0.2) is 0 Å². The molecule has 0 aliphatic carbocycles. The lowest BCUT2D eigenvalue weighted by Crippen LogP contribution is -2.04. The lowest BCUT2D eigenvalue weighted by Gasteiger charge is -2.19. The monoisotopic (exact) mass is 372 g/mol. The summed E-state index contributed by atoms with van der Waals surface area (Å²) in [6.45, 7) is 9.03. The number of hydrogen-bond acceptors (Lipinski definition) is 2. The van der Waals surface area contributed by atoms with E-state index in [2.05, 4.69) is 52.0 Å². The van der Waals surface area contributed by atoms with Gasteiger partial charge in [0.25, 0.3) is 0 Å². The Balaban J connectivity index is 2.13. The van der Waals surface area contributed by atoms with E-state index in [0.29, 0.717) is 0 Å². The molecule has 28 heavy (non-hydrogen) atoms. The Labute approximate surface area is 168 Å². The fraction of sp³-hybridized carbons (Fsp3) is 0.462. The van der Waals surface area contributed by atoms with Gasteiger partial charge in [-0.05, 0) is 59.7 Å². The van der Waals surface area contributed by atoms with E-state index in [0.717, 1.165) is 62.4 Å². The molecular formula is C26H32N2. The Morgan fingerprint density at radius 2 is 0.929 bits per heavy atom. The number of aryl methyl sites for hydroxylation is 4. The predicted octanol–water partition coefficient (Wildman–Crippen LogP) is 7.18. The summed E-state index contributed by atoms with van der Waals surface area (Å²) in [6.07, 6.45) is 8.92. The minimum absolute atomic E-state index is 1.06. The van der Waals surface area contributed by atoms with Gasteiger partial charge in [0.2, 0.25) is 0 Å². The number of aromatic nitrogens is 2. The summed E-state index contributed by atoms with van der Waals surface area (Å²) in [5.74, 6) is 0. The lowest BCUT2D eigenvalue weighted by atomic mass is 9.89. The summed E-state index contributed by atoms with van der Waals surface area (Å²) < 4.78 is 0. The summed E-state index contributed by atoms with van der Waals surface area (Å²) >= 11 is 0. The van der Waals surface area contributed by atoms with Crippen LogP contribution in [0.1, 0.15) is 75.9 Å². The maximum atomic E-state index is 5.14. The third kappa shape index (κ3) is 3.03. The Kier molecular flexibility index (Phi) is 5.48. The third-order valence-electron chi connectivity index (χ3n) is 5.95. The van der Waals surface area contributed by atoms with Crippen molar-refractivity contribution in [1.82, 2.24) is 9.97 Å². The molecular weight excluding hydrogens is 340 g/mol. The second-order valence-electron chi connectivity index (χ2n) is 8.09. The smallest absolute Gasteiger partial charge is 0.0719 e. The van der Waals surface area contributed by atoms with Crippen LogP contribution in [0.3, 0.4) is 0 Å². The van der Waals surface area contributed by atoms with Crippen LogP contribution in [-0.4, -0.2) is 9.97 Å². The second kappa shape index (κ2) is 8.03. The zero-order valence-electron chi connectivity index (χ0n) is 17.9. The van der Waals surface area contributed by atoms with Crippen LogP contribution < -0.4 is 0 Å². The van der Waals surface area contributed by atoms with Gasteiger partial charge >= 0.3 is 0 Å². The fourth-order valence-corrected chi connectivity index (χ4v) is 4.83. The molecule has 2 nitrogen and oxygen atoms in total. The van der Waals surface area contributed by atoms with Gasteiger partial charge in [-0.15, -0.1) is 0 Å². The number of nitrogens with zero attached hydrogens (tertiary/aromatic N) is 2. The number of pyridine rings is 2. The fourth-order valence-electron chi connectivity index (χ4n) is 4.83. The highest BCUT2D eigenvalue weighted by Gasteiger charge is 2.19. The molecule has 0 saturated carbocycles. The normalized spacial score (nSPS) is 12.0. The molecule has 0 amide bonds. The van der Waals surface area contributed by atoms with E-state index >= 15 is 0 Å². The lowest BCUT2D eigenvalue weighted by molar-refractivity contribution is 0.839. The SMILES string of the molecule is CCCc1nc2ccc3nc(CCC)c(CCC)c4ccc(c1CCC)c2c34. The Morgan fingerprint density at radius 1 is 0.536 bits per heavy atom. The highest BCUT2D eigenvalue weighted by atomic mass is 14.7. The van der Waals surface area contributed by atoms with Crippen molar-refractivity contribution in [3.63, 3.8) is 0 Å². The van der Waals surface area contributed by atoms with Gasteiger partial charge in [-0.2, -0.15) is 0 Å². The average molecular weight is 373 g/mol. The van der Waals surface area contributed by atoms with Crippen LogP contribution in [0.15, 0.2) is 24.3 Å². The molecule has 2 aromatic carbocycles. The first-order valence-electron chi connectivity index (χ1n) is 11.2. The maximum absolute atomic E-state index is 5.14. The summed E-state index contributed by atoms with van der Waals surface area (Å²) in [6, 6.07) is 9.15. The van der Waals surface area contributed by atoms with Crippen molar-refractivity contribution in [2.45, 2.75) is 79.1 Å². The van der Waals surface area contributed by atoms with Gasteiger partial charge < -0.3 is 0 Å². The molecule has 4 aromatic rings. The van der Waals surface area contributed by atoms with E-state index in [1.807, 2.05) is 0 Å². The summed E-state index contributed by atoms with van der Waals surface area (Å²) in [5, 5.41) is 5.49. The van der Waals surface area contributed by atoms with E-state index < -0.39 is 0 Å². The van der Waals surface area contributed by atoms with E-state index in [-0.39, 0.29) is 0 Å². The van der Waals surface area contributed by atoms with Crippen molar-refractivity contribution in [3.05, 3.63) is 46.8 Å². The van der Waals surface area contributed by atoms with Crippen LogP contribution in [0, 0.1) is 0 Å². The highest BCUT2D eigenvalue weighted by Crippen LogP contribution is 2.38. The predicted molar refractivity (Wildman–Crippen MR) is 122 cm³/mol. The van der Waals surface area contributed by atoms with Gasteiger partial charge in [-0.3, -0.25) is 9.97 Å². The largest absolute Gasteiger partial charge is 0.252 e. The minimum atomic E-state index is 1.06. The zero-order valence-corrected chi connectivity index (χ0v) is 17.9. The summed E-state index contributed by atoms with van der Waals surface area (Å²) in [7, 11) is 0. The van der Waals surface area contributed by atoms with Crippen LogP contribution in [0.2, 0.25) is 0 Å². The summed E-state index contributed by atoms with van der Waals surface area (Å²) in [5.41, 5.74) is 7.79. The molecule has 2 heterocycles. The molecule has 146 valence electrons. The molecule has 0 spiro atoms. The molecule has 2 aromatic heterocycles. The minimum Gasteiger partial charge on any atom is -0.252 e. The first-order chi connectivity index (χ1) is 13.7. The van der Waals surface area contributed by atoms with Crippen LogP contribution in [0.4, 0.5) is 0 Å². The molecule has 0 saturated heterocycles. The molecule has 0 atom stereocenters. The molecule has 0 fully saturated rings. The number of rotatable bonds is 8. The molecule has 0 radical (unpaired) electrons. The number of benzene rings is 2. The van der Waals surface area contributed by atoms with E-state index in [9.17, 15) is 0 Å². The number of hydrogen-bond donors (Lipinski definition) is 0. The van der Waals surface area contributed by atoms with Gasteiger partial charge in [0.05, 0.1) is 11.0 Å². The summed E-state index contributed by atoms with van der Waals surface area (Å²) in [4.78, 5) is 10.3. The van der Waals surface area contributed by atoms with Gasteiger partial charge in [0.1, 0.15) is 0 Å². The van der Waals surface area contributed by atoms with Gasteiger partial charge in [-0.1, -0.05) is 65.5 Å². The van der Waals surface area contributed by atoms with Crippen molar-refractivity contribution in [1.29, 1.82) is 0 Å². The van der Waals surface area contributed by atoms with Crippen LogP contribution in [0.5, 0.6) is 0 Å². The van der Waals surface area contributed by atoms with Crippen LogP contribution >= 0.6 is 0 Å². The average Bonchev–Trinajstić information content (AvgIpc) is 2.70. The van der Waals surface area contributed by atoms with Crippen molar-refractivity contribution >= 4 is 32.6 Å². The molecule has 4 rings (SSSR count). The molecule has 0 aliphatic heterocycles. The zero-order chi connectivity index (χ0) is 19.7.